The number of nitrogens with zero attached hydrogens (tertiary/aromatic N) is 3. The quantitative estimate of drug-likeness (QED) is 0.621. The molecule has 2 aliphatic heterocycles. The van der Waals surface area contributed by atoms with E-state index < -0.39 is 6.17 Å². The van der Waals surface area contributed by atoms with Crippen LogP contribution in [0.4, 0.5) is 0 Å². The van der Waals surface area contributed by atoms with E-state index in [0.29, 0.717) is 10.9 Å². The number of hydrogen-bond acceptors (Lipinski definition) is 5. The first-order chi connectivity index (χ1) is 14.6. The van der Waals surface area contributed by atoms with Crippen LogP contribution in [0.15, 0.2) is 75.2 Å². The van der Waals surface area contributed by atoms with Crippen molar-refractivity contribution in [2.45, 2.75) is 19.5 Å². The predicted octanol–water partition coefficient (Wildman–Crippen LogP) is 3.89. The van der Waals surface area contributed by atoms with E-state index in [1.165, 1.54) is 5.39 Å². The molecule has 2 aliphatic rings. The number of rotatable bonds is 3. The fraction of sp³-hybridized carbons (Fsp3) is 0.174. The van der Waals surface area contributed by atoms with Gasteiger partial charge in [0.25, 0.3) is 5.91 Å². The molecule has 0 unspecified atom stereocenters. The number of amidine groups is 1. The van der Waals surface area contributed by atoms with Crippen molar-refractivity contribution in [2.75, 3.05) is 5.75 Å². The fourth-order valence-electron chi connectivity index (χ4n) is 3.70. The van der Waals surface area contributed by atoms with Crippen molar-refractivity contribution < 1.29 is 4.79 Å². The van der Waals surface area contributed by atoms with Crippen molar-refractivity contribution in [2.24, 2.45) is 10.1 Å². The molecule has 1 atom stereocenters. The molecule has 2 heterocycles. The zero-order valence-corrected chi connectivity index (χ0v) is 18.7. The van der Waals surface area contributed by atoms with E-state index in [4.69, 9.17) is 10.1 Å². The SMILES string of the molecule is CCCSC1=NN2C(=c3cc(Br)ccc3=N[C@@H]2c2ccc3ccccc3c2)C(=O)N1. The second kappa shape index (κ2) is 7.89. The smallest absolute Gasteiger partial charge is 0.276 e. The molecule has 3 aromatic rings. The fourth-order valence-corrected chi connectivity index (χ4v) is 4.77. The highest BCUT2D eigenvalue weighted by Gasteiger charge is 2.34. The van der Waals surface area contributed by atoms with Gasteiger partial charge in [-0.2, -0.15) is 0 Å². The highest BCUT2D eigenvalue weighted by molar-refractivity contribution is 9.10. The second-order valence-corrected chi connectivity index (χ2v) is 9.17. The summed E-state index contributed by atoms with van der Waals surface area (Å²) >= 11 is 5.07. The molecule has 5 rings (SSSR count). The van der Waals surface area contributed by atoms with Gasteiger partial charge in [0, 0.05) is 15.4 Å². The molecule has 0 aromatic heterocycles. The first kappa shape index (κ1) is 19.3. The number of carbonyl (C=O) groups is 1. The number of halogens is 1. The summed E-state index contributed by atoms with van der Waals surface area (Å²) < 4.78 is 0.899. The number of amides is 1. The molecule has 0 fully saturated rings. The van der Waals surface area contributed by atoms with Crippen LogP contribution >= 0.6 is 27.7 Å². The molecular weight excluding hydrogens is 460 g/mol. The first-order valence-corrected chi connectivity index (χ1v) is 11.6. The molecular formula is C23H19BrN4OS. The largest absolute Gasteiger partial charge is 0.298 e. The number of carbonyl (C=O) groups excluding carboxylic acids is 1. The molecule has 30 heavy (non-hydrogen) atoms. The Kier molecular flexibility index (Phi) is 5.08. The van der Waals surface area contributed by atoms with Gasteiger partial charge in [0.15, 0.2) is 11.3 Å². The number of nitrogens with one attached hydrogen (secondary N) is 1. The Bertz CT molecular complexity index is 1320. The lowest BCUT2D eigenvalue weighted by molar-refractivity contribution is -0.116. The molecule has 1 N–H and O–H groups in total. The maximum Gasteiger partial charge on any atom is 0.276 e. The zero-order valence-electron chi connectivity index (χ0n) is 16.3. The van der Waals surface area contributed by atoms with E-state index in [2.05, 4.69) is 58.5 Å². The van der Waals surface area contributed by atoms with Gasteiger partial charge < -0.3 is 0 Å². The summed E-state index contributed by atoms with van der Waals surface area (Å²) in [5.41, 5.74) is 1.53. The molecule has 5 nitrogen and oxygen atoms in total. The number of hydrazone groups is 1. The lowest BCUT2D eigenvalue weighted by atomic mass is 10.0. The molecule has 0 saturated heterocycles. The summed E-state index contributed by atoms with van der Waals surface area (Å²) in [6.45, 7) is 2.11. The molecule has 0 saturated carbocycles. The van der Waals surface area contributed by atoms with Crippen LogP contribution in [-0.4, -0.2) is 21.8 Å². The van der Waals surface area contributed by atoms with Crippen molar-refractivity contribution in [3.8, 4) is 0 Å². The maximum absolute atomic E-state index is 13.1. The Morgan fingerprint density at radius 3 is 2.77 bits per heavy atom. The molecule has 0 spiro atoms. The highest BCUT2D eigenvalue weighted by atomic mass is 79.9. The van der Waals surface area contributed by atoms with Gasteiger partial charge in [0.2, 0.25) is 0 Å². The van der Waals surface area contributed by atoms with Crippen LogP contribution in [-0.2, 0) is 4.79 Å². The minimum atomic E-state index is -0.401. The maximum atomic E-state index is 13.1. The lowest BCUT2D eigenvalue weighted by Crippen LogP contribution is -2.50. The van der Waals surface area contributed by atoms with Crippen molar-refractivity contribution in [3.63, 3.8) is 0 Å². The van der Waals surface area contributed by atoms with E-state index in [-0.39, 0.29) is 5.91 Å². The van der Waals surface area contributed by atoms with Crippen molar-refractivity contribution in [3.05, 3.63) is 81.3 Å². The average Bonchev–Trinajstić information content (AvgIpc) is 2.76. The summed E-state index contributed by atoms with van der Waals surface area (Å²) in [6, 6.07) is 20.3. The second-order valence-electron chi connectivity index (χ2n) is 7.17. The molecule has 7 heteroatoms. The molecule has 0 aliphatic carbocycles. The van der Waals surface area contributed by atoms with Crippen LogP contribution in [0.25, 0.3) is 16.5 Å². The van der Waals surface area contributed by atoms with E-state index in [9.17, 15) is 4.79 Å². The van der Waals surface area contributed by atoms with Gasteiger partial charge in [-0.15, -0.1) is 5.10 Å². The monoisotopic (exact) mass is 478 g/mol. The molecule has 150 valence electrons. The van der Waals surface area contributed by atoms with Crippen LogP contribution in [0.3, 0.4) is 0 Å². The minimum absolute atomic E-state index is 0.149. The van der Waals surface area contributed by atoms with Crippen molar-refractivity contribution >= 4 is 55.2 Å². The van der Waals surface area contributed by atoms with Gasteiger partial charge >= 0.3 is 0 Å². The lowest BCUT2D eigenvalue weighted by Gasteiger charge is -2.34. The Morgan fingerprint density at radius 1 is 1.10 bits per heavy atom. The Labute approximate surface area is 186 Å². The van der Waals surface area contributed by atoms with E-state index in [0.717, 1.165) is 38.2 Å². The Hall–Kier alpha value is -2.64. The van der Waals surface area contributed by atoms with Crippen LogP contribution in [0, 0.1) is 0 Å². The summed E-state index contributed by atoms with van der Waals surface area (Å²) in [7, 11) is 0. The third kappa shape index (κ3) is 3.42. The Morgan fingerprint density at radius 2 is 1.93 bits per heavy atom. The number of hydrogen-bond donors (Lipinski definition) is 1. The van der Waals surface area contributed by atoms with E-state index in [1.54, 1.807) is 16.8 Å². The zero-order chi connectivity index (χ0) is 20.7. The van der Waals surface area contributed by atoms with Crippen LogP contribution in [0.1, 0.15) is 25.1 Å². The number of benzene rings is 3. The molecule has 0 radical (unpaired) electrons. The third-order valence-corrected chi connectivity index (χ3v) is 6.65. The van der Waals surface area contributed by atoms with E-state index >= 15 is 0 Å². The van der Waals surface area contributed by atoms with Gasteiger partial charge in [-0.3, -0.25) is 15.1 Å². The van der Waals surface area contributed by atoms with Crippen molar-refractivity contribution in [1.29, 1.82) is 0 Å². The summed E-state index contributed by atoms with van der Waals surface area (Å²) in [4.78, 5) is 18.1. The van der Waals surface area contributed by atoms with Gasteiger partial charge in [0.1, 0.15) is 5.70 Å². The topological polar surface area (TPSA) is 57.1 Å². The normalized spacial score (nSPS) is 17.7. The Balaban J connectivity index is 1.71. The van der Waals surface area contributed by atoms with Crippen LogP contribution in [0.2, 0.25) is 0 Å². The first-order valence-electron chi connectivity index (χ1n) is 9.82. The number of fused-ring (bicyclic) bond motifs is 3. The summed E-state index contributed by atoms with van der Waals surface area (Å²) in [6.07, 6.45) is 0.603. The average molecular weight is 479 g/mol. The molecule has 0 bridgehead atoms. The van der Waals surface area contributed by atoms with Crippen LogP contribution in [0.5, 0.6) is 0 Å². The van der Waals surface area contributed by atoms with Crippen LogP contribution < -0.4 is 15.9 Å². The minimum Gasteiger partial charge on any atom is -0.298 e. The molecule has 1 amide bonds. The van der Waals surface area contributed by atoms with Crippen molar-refractivity contribution in [1.82, 2.24) is 10.3 Å². The predicted molar refractivity (Wildman–Crippen MR) is 125 cm³/mol. The summed E-state index contributed by atoms with van der Waals surface area (Å²) in [5, 5.41) is 14.0. The van der Waals surface area contributed by atoms with E-state index in [1.807, 2.05) is 30.3 Å². The highest BCUT2D eigenvalue weighted by Crippen LogP contribution is 2.32. The third-order valence-electron chi connectivity index (χ3n) is 5.08. The van der Waals surface area contributed by atoms with Gasteiger partial charge in [-0.25, -0.2) is 5.01 Å². The molecule has 3 aromatic carbocycles. The van der Waals surface area contributed by atoms with Gasteiger partial charge in [0.05, 0.1) is 5.36 Å². The standard InChI is InChI=1S/C23H19BrN4OS/c1-2-11-30-23-26-22(29)20-18-13-17(24)9-10-19(18)25-21(28(20)27-23)16-8-7-14-5-3-4-6-15(14)12-16/h3-10,12-13,21H,2,11H2,1H3,(H,26,27,29)/t21-/m0/s1. The number of thioether (sulfide) groups is 1. The van der Waals surface area contributed by atoms with Gasteiger partial charge in [-0.05, 0) is 47.0 Å². The summed E-state index contributed by atoms with van der Waals surface area (Å²) in [5.74, 6) is 0.742. The van der Waals surface area contributed by atoms with Gasteiger partial charge in [-0.1, -0.05) is 71.0 Å².